The van der Waals surface area contributed by atoms with Crippen LogP contribution in [-0.4, -0.2) is 38.7 Å². The molecule has 2 aromatic rings. The summed E-state index contributed by atoms with van der Waals surface area (Å²) in [4.78, 5) is 6.91. The van der Waals surface area contributed by atoms with Gasteiger partial charge in [0.1, 0.15) is 0 Å². The molecule has 4 heteroatoms. The van der Waals surface area contributed by atoms with E-state index < -0.39 is 0 Å². The first-order chi connectivity index (χ1) is 13.3. The third kappa shape index (κ3) is 4.62. The van der Waals surface area contributed by atoms with Crippen molar-refractivity contribution in [1.29, 1.82) is 0 Å². The molecule has 2 aromatic carbocycles. The fourth-order valence-electron chi connectivity index (χ4n) is 4.12. The van der Waals surface area contributed by atoms with Crippen LogP contribution in [0.25, 0.3) is 0 Å². The van der Waals surface area contributed by atoms with Crippen LogP contribution in [0.5, 0.6) is 0 Å². The Bertz CT molecular complexity index is 735. The average molecular weight is 363 g/mol. The fourth-order valence-corrected chi connectivity index (χ4v) is 4.12. The molecule has 1 heterocycles. The van der Waals surface area contributed by atoms with Crippen molar-refractivity contribution >= 4 is 11.6 Å². The number of nitrogens with one attached hydrogen (secondary N) is 2. The molecular formula is C23H30N4. The number of nitrogens with zero attached hydrogens (tertiary/aromatic N) is 2. The zero-order valence-corrected chi connectivity index (χ0v) is 16.1. The van der Waals surface area contributed by atoms with Crippen LogP contribution in [0.4, 0.5) is 5.69 Å². The van der Waals surface area contributed by atoms with Gasteiger partial charge in [-0.15, -0.1) is 0 Å². The van der Waals surface area contributed by atoms with Crippen molar-refractivity contribution in [1.82, 2.24) is 10.6 Å². The number of aliphatic imine (C=N–C) groups is 1. The van der Waals surface area contributed by atoms with Crippen LogP contribution in [0.3, 0.4) is 0 Å². The lowest BCUT2D eigenvalue weighted by Crippen LogP contribution is -2.49. The third-order valence-corrected chi connectivity index (χ3v) is 5.86. The van der Waals surface area contributed by atoms with Crippen molar-refractivity contribution in [3.63, 3.8) is 0 Å². The minimum Gasteiger partial charge on any atom is -0.371 e. The van der Waals surface area contributed by atoms with E-state index in [1.54, 1.807) is 0 Å². The van der Waals surface area contributed by atoms with E-state index in [0.717, 1.165) is 44.4 Å². The zero-order chi connectivity index (χ0) is 18.5. The number of guanidine groups is 1. The van der Waals surface area contributed by atoms with E-state index >= 15 is 0 Å². The van der Waals surface area contributed by atoms with Crippen molar-refractivity contribution in [2.24, 2.45) is 10.9 Å². The Balaban J connectivity index is 1.20. The molecule has 0 amide bonds. The van der Waals surface area contributed by atoms with Crippen LogP contribution >= 0.6 is 0 Å². The Morgan fingerprint density at radius 2 is 1.67 bits per heavy atom. The summed E-state index contributed by atoms with van der Waals surface area (Å²) in [5, 5.41) is 7.17. The van der Waals surface area contributed by atoms with Gasteiger partial charge in [0, 0.05) is 38.4 Å². The summed E-state index contributed by atoms with van der Waals surface area (Å²) in [7, 11) is 1.87. The Hall–Kier alpha value is -2.49. The van der Waals surface area contributed by atoms with Crippen LogP contribution in [0.2, 0.25) is 0 Å². The molecule has 4 nitrogen and oxygen atoms in total. The van der Waals surface area contributed by atoms with Gasteiger partial charge >= 0.3 is 0 Å². The lowest BCUT2D eigenvalue weighted by atomic mass is 10.0. The molecule has 1 saturated carbocycles. The molecular weight excluding hydrogens is 332 g/mol. The van der Waals surface area contributed by atoms with Gasteiger partial charge in [-0.3, -0.25) is 4.99 Å². The molecule has 142 valence electrons. The van der Waals surface area contributed by atoms with E-state index in [0.29, 0.717) is 12.0 Å². The predicted octanol–water partition coefficient (Wildman–Crippen LogP) is 3.62. The highest BCUT2D eigenvalue weighted by atomic mass is 15.2. The van der Waals surface area contributed by atoms with Crippen LogP contribution in [-0.2, 0) is 0 Å². The number of anilines is 1. The van der Waals surface area contributed by atoms with Gasteiger partial charge < -0.3 is 15.5 Å². The number of para-hydroxylation sites is 1. The van der Waals surface area contributed by atoms with Gasteiger partial charge in [0.2, 0.25) is 0 Å². The second-order valence-electron chi connectivity index (χ2n) is 7.71. The Morgan fingerprint density at radius 3 is 2.33 bits per heavy atom. The topological polar surface area (TPSA) is 39.7 Å². The summed E-state index contributed by atoms with van der Waals surface area (Å²) in [6.45, 7) is 3.19. The first kappa shape index (κ1) is 17.9. The molecule has 2 atom stereocenters. The molecule has 2 fully saturated rings. The molecule has 0 radical (unpaired) electrons. The summed E-state index contributed by atoms with van der Waals surface area (Å²) < 4.78 is 0. The maximum atomic E-state index is 4.44. The number of hydrogen-bond donors (Lipinski definition) is 2. The Labute approximate surface area is 162 Å². The monoisotopic (exact) mass is 362 g/mol. The lowest BCUT2D eigenvalue weighted by Gasteiger charge is -2.34. The highest BCUT2D eigenvalue weighted by molar-refractivity contribution is 5.80. The van der Waals surface area contributed by atoms with Crippen molar-refractivity contribution in [3.05, 3.63) is 66.2 Å². The van der Waals surface area contributed by atoms with Gasteiger partial charge in [-0.2, -0.15) is 0 Å². The summed E-state index contributed by atoms with van der Waals surface area (Å²) in [5.74, 6) is 2.39. The first-order valence-electron chi connectivity index (χ1n) is 10.2. The first-order valence-corrected chi connectivity index (χ1v) is 10.2. The molecule has 2 unspecified atom stereocenters. The summed E-state index contributed by atoms with van der Waals surface area (Å²) in [6, 6.07) is 22.1. The third-order valence-electron chi connectivity index (χ3n) is 5.86. The van der Waals surface area contributed by atoms with Crippen LogP contribution in [0.15, 0.2) is 65.7 Å². The molecule has 1 aliphatic heterocycles. The van der Waals surface area contributed by atoms with Gasteiger partial charge in [-0.1, -0.05) is 48.5 Å². The van der Waals surface area contributed by atoms with E-state index in [4.69, 9.17) is 0 Å². The minimum absolute atomic E-state index is 0.500. The minimum atomic E-state index is 0.500. The van der Waals surface area contributed by atoms with Gasteiger partial charge in [-0.25, -0.2) is 0 Å². The summed E-state index contributed by atoms with van der Waals surface area (Å²) in [6.07, 6.45) is 3.57. The van der Waals surface area contributed by atoms with Crippen molar-refractivity contribution in [2.45, 2.75) is 31.2 Å². The van der Waals surface area contributed by atoms with E-state index in [1.807, 2.05) is 7.05 Å². The zero-order valence-electron chi connectivity index (χ0n) is 16.1. The van der Waals surface area contributed by atoms with Crippen LogP contribution in [0.1, 0.15) is 30.7 Å². The van der Waals surface area contributed by atoms with Gasteiger partial charge in [-0.05, 0) is 48.8 Å². The van der Waals surface area contributed by atoms with Crippen LogP contribution in [0, 0.1) is 5.92 Å². The molecule has 1 aliphatic carbocycles. The highest BCUT2D eigenvalue weighted by Crippen LogP contribution is 2.46. The Morgan fingerprint density at radius 1 is 1.00 bits per heavy atom. The fraction of sp³-hybridized carbons (Fsp3) is 0.435. The summed E-state index contributed by atoms with van der Waals surface area (Å²) >= 11 is 0. The largest absolute Gasteiger partial charge is 0.371 e. The second-order valence-corrected chi connectivity index (χ2v) is 7.71. The van der Waals surface area contributed by atoms with E-state index in [1.165, 1.54) is 17.7 Å². The highest BCUT2D eigenvalue weighted by Gasteiger charge is 2.37. The molecule has 4 rings (SSSR count). The second kappa shape index (κ2) is 8.47. The maximum absolute atomic E-state index is 4.44. The number of piperidine rings is 1. The molecule has 2 N–H and O–H groups in total. The predicted molar refractivity (Wildman–Crippen MR) is 113 cm³/mol. The number of hydrogen-bond acceptors (Lipinski definition) is 2. The molecule has 2 aliphatic rings. The molecule has 0 bridgehead atoms. The Kier molecular flexibility index (Phi) is 5.61. The van der Waals surface area contributed by atoms with Gasteiger partial charge in [0.15, 0.2) is 5.96 Å². The van der Waals surface area contributed by atoms with E-state index in [2.05, 4.69) is 81.2 Å². The lowest BCUT2D eigenvalue weighted by molar-refractivity contribution is 0.461. The standard InChI is InChI=1S/C23H30N4/c1-24-23(25-17-19-16-22(19)18-8-4-2-5-9-18)26-20-12-14-27(15-13-20)21-10-6-3-7-11-21/h2-11,19-20,22H,12-17H2,1H3,(H2,24,25,26). The van der Waals surface area contributed by atoms with Crippen molar-refractivity contribution < 1.29 is 0 Å². The molecule has 27 heavy (non-hydrogen) atoms. The quantitative estimate of drug-likeness (QED) is 0.630. The van der Waals surface area contributed by atoms with Gasteiger partial charge in [0.25, 0.3) is 0 Å². The van der Waals surface area contributed by atoms with Gasteiger partial charge in [0.05, 0.1) is 0 Å². The summed E-state index contributed by atoms with van der Waals surface area (Å²) in [5.41, 5.74) is 2.81. The van der Waals surface area contributed by atoms with E-state index in [9.17, 15) is 0 Å². The molecule has 0 aromatic heterocycles. The maximum Gasteiger partial charge on any atom is 0.191 e. The SMILES string of the molecule is CN=C(NCC1CC1c1ccccc1)NC1CCN(c2ccccc2)CC1. The van der Waals surface area contributed by atoms with Crippen molar-refractivity contribution in [3.8, 4) is 0 Å². The van der Waals surface area contributed by atoms with E-state index in [-0.39, 0.29) is 0 Å². The molecule has 1 saturated heterocycles. The smallest absolute Gasteiger partial charge is 0.191 e. The molecule has 0 spiro atoms. The van der Waals surface area contributed by atoms with Crippen LogP contribution < -0.4 is 15.5 Å². The van der Waals surface area contributed by atoms with Crippen molar-refractivity contribution in [2.75, 3.05) is 31.6 Å². The number of rotatable bonds is 5. The normalized spacial score (nSPS) is 23.1. The average Bonchev–Trinajstić information content (AvgIpc) is 3.52. The number of benzene rings is 2.